The zero-order valence-corrected chi connectivity index (χ0v) is 11.2. The molecule has 0 aromatic heterocycles. The van der Waals surface area contributed by atoms with Gasteiger partial charge in [0.2, 0.25) is 0 Å². The normalized spacial score (nSPS) is 12.7. The highest BCUT2D eigenvalue weighted by atomic mass is 35.5. The van der Waals surface area contributed by atoms with Gasteiger partial charge in [-0.3, -0.25) is 0 Å². The van der Waals surface area contributed by atoms with E-state index in [9.17, 15) is 4.39 Å². The zero-order chi connectivity index (χ0) is 12.7. The van der Waals surface area contributed by atoms with Crippen LogP contribution in [0.25, 0.3) is 0 Å². The van der Waals surface area contributed by atoms with Gasteiger partial charge in [-0.05, 0) is 30.7 Å². The van der Waals surface area contributed by atoms with Crippen LogP contribution in [0.4, 0.5) is 4.39 Å². The average Bonchev–Trinajstić information content (AvgIpc) is 2.29. The molecule has 1 N–H and O–H groups in total. The van der Waals surface area contributed by atoms with E-state index in [0.29, 0.717) is 13.2 Å². The molecule has 1 aromatic carbocycles. The second kappa shape index (κ2) is 7.88. The summed E-state index contributed by atoms with van der Waals surface area (Å²) in [7, 11) is 1.63. The molecular formula is C12H16Cl2FNO. The Kier molecular flexibility index (Phi) is 6.82. The molecule has 1 aromatic rings. The molecule has 0 aliphatic carbocycles. The second-order valence-corrected chi connectivity index (χ2v) is 4.79. The van der Waals surface area contributed by atoms with Gasteiger partial charge < -0.3 is 10.1 Å². The van der Waals surface area contributed by atoms with Crippen LogP contribution in [0, 0.1) is 5.82 Å². The van der Waals surface area contributed by atoms with Crippen LogP contribution in [0.15, 0.2) is 18.2 Å². The van der Waals surface area contributed by atoms with Crippen molar-refractivity contribution in [2.45, 2.75) is 18.3 Å². The van der Waals surface area contributed by atoms with E-state index in [2.05, 4.69) is 5.32 Å². The highest BCUT2D eigenvalue weighted by Crippen LogP contribution is 2.15. The van der Waals surface area contributed by atoms with Gasteiger partial charge in [-0.25, -0.2) is 4.39 Å². The van der Waals surface area contributed by atoms with Crippen molar-refractivity contribution in [2.24, 2.45) is 0 Å². The first-order valence-electron chi connectivity index (χ1n) is 5.41. The largest absolute Gasteiger partial charge is 0.383 e. The van der Waals surface area contributed by atoms with Gasteiger partial charge in [0.25, 0.3) is 0 Å². The molecule has 5 heteroatoms. The van der Waals surface area contributed by atoms with Crippen molar-refractivity contribution in [2.75, 3.05) is 20.3 Å². The summed E-state index contributed by atoms with van der Waals surface area (Å²) in [5.74, 6) is -0.392. The minimum absolute atomic E-state index is 0.0179. The van der Waals surface area contributed by atoms with Crippen LogP contribution in [0.5, 0.6) is 0 Å². The first-order chi connectivity index (χ1) is 8.13. The van der Waals surface area contributed by atoms with Gasteiger partial charge in [0, 0.05) is 13.7 Å². The Morgan fingerprint density at radius 3 is 2.88 bits per heavy atom. The van der Waals surface area contributed by atoms with Crippen LogP contribution in [-0.2, 0) is 11.3 Å². The molecule has 0 heterocycles. The lowest BCUT2D eigenvalue weighted by atomic mass is 10.2. The SMILES string of the molecule is COCC(Cl)CCNCc1ccc(F)c(Cl)c1. The molecule has 0 aliphatic heterocycles. The number of hydrogen-bond acceptors (Lipinski definition) is 2. The van der Waals surface area contributed by atoms with E-state index < -0.39 is 5.82 Å². The molecule has 96 valence electrons. The summed E-state index contributed by atoms with van der Waals surface area (Å²) in [6, 6.07) is 4.70. The maximum atomic E-state index is 12.9. The van der Waals surface area contributed by atoms with Crippen LogP contribution in [0.3, 0.4) is 0 Å². The van der Waals surface area contributed by atoms with Crippen molar-refractivity contribution in [1.82, 2.24) is 5.32 Å². The van der Waals surface area contributed by atoms with E-state index in [1.54, 1.807) is 19.2 Å². The fraction of sp³-hybridized carbons (Fsp3) is 0.500. The van der Waals surface area contributed by atoms with E-state index >= 15 is 0 Å². The molecule has 0 spiro atoms. The lowest BCUT2D eigenvalue weighted by Crippen LogP contribution is -2.20. The van der Waals surface area contributed by atoms with Crippen LogP contribution in [0.1, 0.15) is 12.0 Å². The lowest BCUT2D eigenvalue weighted by molar-refractivity contribution is 0.195. The number of methoxy groups -OCH3 is 1. The van der Waals surface area contributed by atoms with Crippen molar-refractivity contribution in [3.05, 3.63) is 34.6 Å². The highest BCUT2D eigenvalue weighted by Gasteiger charge is 2.04. The average molecular weight is 280 g/mol. The van der Waals surface area contributed by atoms with Gasteiger partial charge >= 0.3 is 0 Å². The second-order valence-electron chi connectivity index (χ2n) is 3.77. The quantitative estimate of drug-likeness (QED) is 0.611. The fourth-order valence-electron chi connectivity index (χ4n) is 1.41. The third-order valence-corrected chi connectivity index (χ3v) is 2.93. The molecule has 0 aliphatic rings. The summed E-state index contributed by atoms with van der Waals surface area (Å²) in [5, 5.41) is 3.39. The summed E-state index contributed by atoms with van der Waals surface area (Å²) in [4.78, 5) is 0. The van der Waals surface area contributed by atoms with E-state index in [4.69, 9.17) is 27.9 Å². The first kappa shape index (κ1) is 14.7. The van der Waals surface area contributed by atoms with Gasteiger partial charge in [0.15, 0.2) is 0 Å². The summed E-state index contributed by atoms with van der Waals surface area (Å²) < 4.78 is 17.8. The van der Waals surface area contributed by atoms with E-state index in [1.165, 1.54) is 6.07 Å². The molecule has 1 rings (SSSR count). The molecule has 0 saturated carbocycles. The molecule has 2 nitrogen and oxygen atoms in total. The molecule has 0 saturated heterocycles. The van der Waals surface area contributed by atoms with Gasteiger partial charge in [-0.1, -0.05) is 17.7 Å². The molecular weight excluding hydrogens is 264 g/mol. The highest BCUT2D eigenvalue weighted by molar-refractivity contribution is 6.30. The summed E-state index contributed by atoms with van der Waals surface area (Å²) in [6.45, 7) is 1.98. The Morgan fingerprint density at radius 2 is 2.24 bits per heavy atom. The Morgan fingerprint density at radius 1 is 1.47 bits per heavy atom. The number of halogens is 3. The molecule has 0 bridgehead atoms. The molecule has 17 heavy (non-hydrogen) atoms. The van der Waals surface area contributed by atoms with Crippen LogP contribution >= 0.6 is 23.2 Å². The molecule has 0 radical (unpaired) electrons. The van der Waals surface area contributed by atoms with Crippen molar-refractivity contribution < 1.29 is 9.13 Å². The topological polar surface area (TPSA) is 21.3 Å². The van der Waals surface area contributed by atoms with E-state index in [0.717, 1.165) is 18.5 Å². The molecule has 0 amide bonds. The number of rotatable bonds is 7. The fourth-order valence-corrected chi connectivity index (χ4v) is 1.84. The number of alkyl halides is 1. The third-order valence-electron chi connectivity index (χ3n) is 2.29. The Hall–Kier alpha value is -0.350. The van der Waals surface area contributed by atoms with Gasteiger partial charge in [-0.15, -0.1) is 11.6 Å². The van der Waals surface area contributed by atoms with Crippen LogP contribution in [-0.4, -0.2) is 25.6 Å². The Balaban J connectivity index is 2.24. The maximum Gasteiger partial charge on any atom is 0.141 e. The minimum Gasteiger partial charge on any atom is -0.383 e. The molecule has 1 unspecified atom stereocenters. The Bertz CT molecular complexity index is 349. The third kappa shape index (κ3) is 5.68. The van der Waals surface area contributed by atoms with Crippen LogP contribution in [0.2, 0.25) is 5.02 Å². The predicted octanol–water partition coefficient (Wildman–Crippen LogP) is 3.21. The van der Waals surface area contributed by atoms with Gasteiger partial charge in [0.1, 0.15) is 5.82 Å². The van der Waals surface area contributed by atoms with Crippen molar-refractivity contribution >= 4 is 23.2 Å². The van der Waals surface area contributed by atoms with E-state index in [-0.39, 0.29) is 10.4 Å². The van der Waals surface area contributed by atoms with Crippen LogP contribution < -0.4 is 5.32 Å². The van der Waals surface area contributed by atoms with Crippen molar-refractivity contribution in [1.29, 1.82) is 0 Å². The number of ether oxygens (including phenoxy) is 1. The Labute approximate surface area is 111 Å². The van der Waals surface area contributed by atoms with Gasteiger partial charge in [-0.2, -0.15) is 0 Å². The lowest BCUT2D eigenvalue weighted by Gasteiger charge is -2.09. The molecule has 1 atom stereocenters. The smallest absolute Gasteiger partial charge is 0.141 e. The van der Waals surface area contributed by atoms with Gasteiger partial charge in [0.05, 0.1) is 17.0 Å². The maximum absolute atomic E-state index is 12.9. The number of nitrogens with one attached hydrogen (secondary N) is 1. The van der Waals surface area contributed by atoms with Crippen molar-refractivity contribution in [3.63, 3.8) is 0 Å². The zero-order valence-electron chi connectivity index (χ0n) is 9.68. The number of benzene rings is 1. The summed E-state index contributed by atoms with van der Waals surface area (Å²) in [5.41, 5.74) is 0.953. The standard InChI is InChI=1S/C12H16Cl2FNO/c1-17-8-10(13)4-5-16-7-9-2-3-12(15)11(14)6-9/h2-3,6,10,16H,4-5,7-8H2,1H3. The monoisotopic (exact) mass is 279 g/mol. The number of hydrogen-bond donors (Lipinski definition) is 1. The first-order valence-corrected chi connectivity index (χ1v) is 6.22. The van der Waals surface area contributed by atoms with E-state index in [1.807, 2.05) is 0 Å². The molecule has 0 fully saturated rings. The summed E-state index contributed by atoms with van der Waals surface area (Å²) >= 11 is 11.7. The predicted molar refractivity (Wildman–Crippen MR) is 69.3 cm³/mol. The summed E-state index contributed by atoms with van der Waals surface area (Å²) in [6.07, 6.45) is 0.824. The van der Waals surface area contributed by atoms with Crippen molar-refractivity contribution in [3.8, 4) is 0 Å². The minimum atomic E-state index is -0.392.